The Balaban J connectivity index is 1.67. The summed E-state index contributed by atoms with van der Waals surface area (Å²) in [5.41, 5.74) is 0.848. The number of hydrogen-bond acceptors (Lipinski definition) is 6. The minimum atomic E-state index is -3.71. The third kappa shape index (κ3) is 4.84. The highest BCUT2D eigenvalue weighted by Gasteiger charge is 2.29. The highest BCUT2D eigenvalue weighted by Crippen LogP contribution is 2.32. The summed E-state index contributed by atoms with van der Waals surface area (Å²) in [4.78, 5) is 11.8. The quantitative estimate of drug-likeness (QED) is 0.278. The van der Waals surface area contributed by atoms with Crippen molar-refractivity contribution in [3.05, 3.63) is 58.1 Å². The van der Waals surface area contributed by atoms with Crippen LogP contribution in [-0.2, 0) is 10.0 Å². The van der Waals surface area contributed by atoms with Gasteiger partial charge in [-0.1, -0.05) is 17.7 Å². The normalized spacial score (nSPS) is 14.9. The molecule has 7 nitrogen and oxygen atoms in total. The van der Waals surface area contributed by atoms with Crippen LogP contribution in [0.15, 0.2) is 52.3 Å². The predicted octanol–water partition coefficient (Wildman–Crippen LogP) is 3.86. The van der Waals surface area contributed by atoms with Gasteiger partial charge in [0, 0.05) is 29.8 Å². The van der Waals surface area contributed by atoms with Gasteiger partial charge in [-0.15, -0.1) is 11.8 Å². The zero-order chi connectivity index (χ0) is 20.1. The number of thioether (sulfide) groups is 1. The standard InChI is InChI=1S/C19H22N2O5S2/c1-15-4-6-16(7-5-15)27-13-12-26-19-9-8-17(14-18(19)21(22)23)28(24,25)20-10-2-3-11-20/h4-9,14H,2-3,10-13H2,1H3. The van der Waals surface area contributed by atoms with Crippen molar-refractivity contribution in [1.29, 1.82) is 0 Å². The molecule has 0 bridgehead atoms. The fourth-order valence-corrected chi connectivity index (χ4v) is 5.21. The summed E-state index contributed by atoms with van der Waals surface area (Å²) in [5.74, 6) is 0.698. The van der Waals surface area contributed by atoms with Crippen molar-refractivity contribution in [2.45, 2.75) is 29.6 Å². The molecule has 0 atom stereocenters. The molecular weight excluding hydrogens is 400 g/mol. The number of sulfonamides is 1. The lowest BCUT2D eigenvalue weighted by Crippen LogP contribution is -2.27. The third-order valence-electron chi connectivity index (χ3n) is 4.46. The van der Waals surface area contributed by atoms with Crippen LogP contribution >= 0.6 is 11.8 Å². The molecule has 0 amide bonds. The van der Waals surface area contributed by atoms with Gasteiger partial charge in [-0.2, -0.15) is 4.31 Å². The lowest BCUT2D eigenvalue weighted by Gasteiger charge is -2.16. The van der Waals surface area contributed by atoms with Gasteiger partial charge in [-0.25, -0.2) is 8.42 Å². The molecule has 1 aliphatic heterocycles. The van der Waals surface area contributed by atoms with Crippen molar-refractivity contribution < 1.29 is 18.1 Å². The molecule has 1 fully saturated rings. The summed E-state index contributed by atoms with van der Waals surface area (Å²) in [6, 6.07) is 11.9. The molecule has 2 aromatic rings. The molecule has 0 aromatic heterocycles. The van der Waals surface area contributed by atoms with Crippen LogP contribution in [0.5, 0.6) is 5.75 Å². The smallest absolute Gasteiger partial charge is 0.312 e. The van der Waals surface area contributed by atoms with Gasteiger partial charge < -0.3 is 4.74 Å². The predicted molar refractivity (Wildman–Crippen MR) is 108 cm³/mol. The average molecular weight is 423 g/mol. The van der Waals surface area contributed by atoms with Crippen LogP contribution in [0.1, 0.15) is 18.4 Å². The molecule has 1 saturated heterocycles. The van der Waals surface area contributed by atoms with Gasteiger partial charge in [0.05, 0.1) is 16.4 Å². The van der Waals surface area contributed by atoms with Crippen molar-refractivity contribution in [3.8, 4) is 5.75 Å². The second kappa shape index (κ2) is 8.93. The summed E-state index contributed by atoms with van der Waals surface area (Å²) >= 11 is 1.59. The Morgan fingerprint density at radius 2 is 1.82 bits per heavy atom. The fourth-order valence-electron chi connectivity index (χ4n) is 2.95. The van der Waals surface area contributed by atoms with E-state index in [1.54, 1.807) is 11.8 Å². The summed E-state index contributed by atoms with van der Waals surface area (Å²) in [7, 11) is -3.71. The van der Waals surface area contributed by atoms with Gasteiger partial charge in [-0.05, 0) is 44.0 Å². The second-order valence-corrected chi connectivity index (χ2v) is 9.61. The molecule has 2 aromatic carbocycles. The number of hydrogen-bond donors (Lipinski definition) is 0. The van der Waals surface area contributed by atoms with E-state index in [1.807, 2.05) is 31.2 Å². The van der Waals surface area contributed by atoms with Crippen molar-refractivity contribution >= 4 is 27.5 Å². The Morgan fingerprint density at radius 1 is 1.14 bits per heavy atom. The first kappa shape index (κ1) is 20.6. The number of ether oxygens (including phenoxy) is 1. The van der Waals surface area contributed by atoms with Crippen LogP contribution in [0.4, 0.5) is 5.69 Å². The highest BCUT2D eigenvalue weighted by atomic mass is 32.2. The van der Waals surface area contributed by atoms with E-state index >= 15 is 0 Å². The highest BCUT2D eigenvalue weighted by molar-refractivity contribution is 7.99. The molecule has 1 heterocycles. The zero-order valence-corrected chi connectivity index (χ0v) is 17.2. The van der Waals surface area contributed by atoms with Crippen molar-refractivity contribution in [3.63, 3.8) is 0 Å². The summed E-state index contributed by atoms with van der Waals surface area (Å²) in [5, 5.41) is 11.4. The Labute approximate surface area is 168 Å². The van der Waals surface area contributed by atoms with E-state index in [9.17, 15) is 18.5 Å². The van der Waals surface area contributed by atoms with Crippen LogP contribution in [0.2, 0.25) is 0 Å². The molecule has 28 heavy (non-hydrogen) atoms. The fraction of sp³-hybridized carbons (Fsp3) is 0.368. The Hall–Kier alpha value is -2.10. The largest absolute Gasteiger partial charge is 0.486 e. The molecule has 9 heteroatoms. The molecule has 0 N–H and O–H groups in total. The Morgan fingerprint density at radius 3 is 2.46 bits per heavy atom. The number of aryl methyl sites for hydroxylation is 1. The molecule has 1 aliphatic rings. The number of nitro groups is 1. The average Bonchev–Trinajstić information content (AvgIpc) is 3.22. The van der Waals surface area contributed by atoms with E-state index < -0.39 is 14.9 Å². The third-order valence-corrected chi connectivity index (χ3v) is 7.33. The molecule has 3 rings (SSSR count). The zero-order valence-electron chi connectivity index (χ0n) is 15.5. The number of nitrogens with zero attached hydrogens (tertiary/aromatic N) is 2. The summed E-state index contributed by atoms with van der Waals surface area (Å²) in [6.45, 7) is 3.19. The molecule has 0 saturated carbocycles. The maximum absolute atomic E-state index is 12.6. The van der Waals surface area contributed by atoms with Crippen LogP contribution in [0.25, 0.3) is 0 Å². The topological polar surface area (TPSA) is 89.8 Å². The maximum atomic E-state index is 12.6. The van der Waals surface area contributed by atoms with E-state index in [1.165, 1.54) is 22.0 Å². The van der Waals surface area contributed by atoms with E-state index in [2.05, 4.69) is 0 Å². The van der Waals surface area contributed by atoms with Crippen molar-refractivity contribution in [1.82, 2.24) is 4.31 Å². The van der Waals surface area contributed by atoms with E-state index in [0.717, 1.165) is 23.8 Å². The van der Waals surface area contributed by atoms with E-state index in [4.69, 9.17) is 4.74 Å². The number of benzene rings is 2. The monoisotopic (exact) mass is 422 g/mol. The van der Waals surface area contributed by atoms with Gasteiger partial charge in [0.2, 0.25) is 10.0 Å². The van der Waals surface area contributed by atoms with Gasteiger partial charge in [0.1, 0.15) is 0 Å². The molecule has 150 valence electrons. The van der Waals surface area contributed by atoms with Crippen molar-refractivity contribution in [2.24, 2.45) is 0 Å². The number of nitro benzene ring substituents is 1. The Bertz CT molecular complexity index is 939. The van der Waals surface area contributed by atoms with Crippen LogP contribution in [0.3, 0.4) is 0 Å². The first-order valence-electron chi connectivity index (χ1n) is 8.99. The van der Waals surface area contributed by atoms with Crippen LogP contribution in [-0.4, -0.2) is 43.1 Å². The SMILES string of the molecule is Cc1ccc(SCCOc2ccc(S(=O)(=O)N3CCCC3)cc2[N+](=O)[O-])cc1. The van der Waals surface area contributed by atoms with Crippen molar-refractivity contribution in [2.75, 3.05) is 25.4 Å². The molecular formula is C19H22N2O5S2. The van der Waals surface area contributed by atoms with Gasteiger partial charge in [0.25, 0.3) is 0 Å². The molecule has 0 spiro atoms. The minimum Gasteiger partial charge on any atom is -0.486 e. The first-order chi connectivity index (χ1) is 13.4. The second-order valence-electron chi connectivity index (χ2n) is 6.51. The van der Waals surface area contributed by atoms with E-state index in [-0.39, 0.29) is 22.9 Å². The van der Waals surface area contributed by atoms with Gasteiger partial charge in [0.15, 0.2) is 5.75 Å². The van der Waals surface area contributed by atoms with Gasteiger partial charge >= 0.3 is 5.69 Å². The number of rotatable bonds is 8. The maximum Gasteiger partial charge on any atom is 0.312 e. The Kier molecular flexibility index (Phi) is 6.58. The minimum absolute atomic E-state index is 0.0671. The molecule has 0 aliphatic carbocycles. The lowest BCUT2D eigenvalue weighted by atomic mass is 10.2. The van der Waals surface area contributed by atoms with Crippen LogP contribution in [0, 0.1) is 17.0 Å². The molecule has 0 unspecified atom stereocenters. The van der Waals surface area contributed by atoms with Gasteiger partial charge in [-0.3, -0.25) is 10.1 Å². The summed E-state index contributed by atoms with van der Waals surface area (Å²) < 4.78 is 32.2. The summed E-state index contributed by atoms with van der Waals surface area (Å²) in [6.07, 6.45) is 1.61. The van der Waals surface area contributed by atoms with Crippen LogP contribution < -0.4 is 4.74 Å². The molecule has 0 radical (unpaired) electrons. The lowest BCUT2D eigenvalue weighted by molar-refractivity contribution is -0.386. The van der Waals surface area contributed by atoms with E-state index in [0.29, 0.717) is 18.8 Å². The first-order valence-corrected chi connectivity index (χ1v) is 11.4.